The molecule has 12 heavy (non-hydrogen) atoms. The summed E-state index contributed by atoms with van der Waals surface area (Å²) in [5, 5.41) is 8.56. The maximum absolute atomic E-state index is 8.56. The Morgan fingerprint density at radius 1 is 1.42 bits per heavy atom. The summed E-state index contributed by atoms with van der Waals surface area (Å²) < 4.78 is 0. The second-order valence-corrected chi connectivity index (χ2v) is 2.88. The average Bonchev–Trinajstić information content (AvgIpc) is 2.09. The SMILES string of the molecule is Cc1ccccc1CN(C)C#N. The minimum Gasteiger partial charge on any atom is -0.309 e. The van der Waals surface area contributed by atoms with E-state index in [0.29, 0.717) is 6.54 Å². The molecule has 0 N–H and O–H groups in total. The van der Waals surface area contributed by atoms with Gasteiger partial charge in [-0.05, 0) is 18.1 Å². The summed E-state index contributed by atoms with van der Waals surface area (Å²) in [6.07, 6.45) is 2.07. The molecule has 0 saturated carbocycles. The first-order valence-corrected chi connectivity index (χ1v) is 3.89. The average molecular weight is 160 g/mol. The van der Waals surface area contributed by atoms with Gasteiger partial charge in [-0.2, -0.15) is 5.26 Å². The molecule has 0 amide bonds. The Kier molecular flexibility index (Phi) is 2.71. The number of rotatable bonds is 2. The third-order valence-electron chi connectivity index (χ3n) is 1.84. The van der Waals surface area contributed by atoms with E-state index in [0.717, 1.165) is 0 Å². The fraction of sp³-hybridized carbons (Fsp3) is 0.300. The molecule has 1 rings (SSSR count). The normalized spacial score (nSPS) is 9.08. The van der Waals surface area contributed by atoms with Gasteiger partial charge in [-0.25, -0.2) is 0 Å². The molecule has 0 fully saturated rings. The van der Waals surface area contributed by atoms with E-state index in [4.69, 9.17) is 5.26 Å². The fourth-order valence-electron chi connectivity index (χ4n) is 1.08. The Balaban J connectivity index is 2.77. The summed E-state index contributed by atoms with van der Waals surface area (Å²) in [7, 11) is 1.78. The molecule has 2 heteroatoms. The highest BCUT2D eigenvalue weighted by Gasteiger charge is 1.98. The molecule has 1 aromatic rings. The van der Waals surface area contributed by atoms with Crippen molar-refractivity contribution < 1.29 is 0 Å². The van der Waals surface area contributed by atoms with E-state index in [-0.39, 0.29) is 0 Å². The van der Waals surface area contributed by atoms with Gasteiger partial charge in [0.25, 0.3) is 0 Å². The first kappa shape index (κ1) is 8.61. The van der Waals surface area contributed by atoms with Gasteiger partial charge in [0, 0.05) is 7.05 Å². The predicted molar refractivity (Wildman–Crippen MR) is 48.3 cm³/mol. The first-order valence-electron chi connectivity index (χ1n) is 3.89. The Bertz CT molecular complexity index is 299. The molecule has 0 atom stereocenters. The monoisotopic (exact) mass is 160 g/mol. The van der Waals surface area contributed by atoms with Crippen LogP contribution in [0.3, 0.4) is 0 Å². The summed E-state index contributed by atoms with van der Waals surface area (Å²) in [5.74, 6) is 0. The van der Waals surface area contributed by atoms with E-state index in [1.54, 1.807) is 11.9 Å². The van der Waals surface area contributed by atoms with Crippen LogP contribution in [0.4, 0.5) is 0 Å². The zero-order valence-corrected chi connectivity index (χ0v) is 7.41. The molecule has 1 aromatic carbocycles. The summed E-state index contributed by atoms with van der Waals surface area (Å²) in [6.45, 7) is 2.75. The molecule has 0 bridgehead atoms. The number of hydrogen-bond acceptors (Lipinski definition) is 2. The van der Waals surface area contributed by atoms with E-state index >= 15 is 0 Å². The van der Waals surface area contributed by atoms with Gasteiger partial charge in [0.05, 0.1) is 6.54 Å². The standard InChI is InChI=1S/C10H12N2/c1-9-5-3-4-6-10(9)7-12(2)8-11/h3-6H,7H2,1-2H3. The van der Waals surface area contributed by atoms with Crippen LogP contribution in [0.1, 0.15) is 11.1 Å². The Labute approximate surface area is 73.0 Å². The molecule has 0 aliphatic rings. The van der Waals surface area contributed by atoms with Crippen LogP contribution < -0.4 is 0 Å². The van der Waals surface area contributed by atoms with Gasteiger partial charge in [-0.15, -0.1) is 0 Å². The Morgan fingerprint density at radius 2 is 2.08 bits per heavy atom. The second-order valence-electron chi connectivity index (χ2n) is 2.88. The van der Waals surface area contributed by atoms with Crippen LogP contribution >= 0.6 is 0 Å². The van der Waals surface area contributed by atoms with Crippen molar-refractivity contribution in [2.75, 3.05) is 7.05 Å². The van der Waals surface area contributed by atoms with Gasteiger partial charge in [0.15, 0.2) is 6.19 Å². The second kappa shape index (κ2) is 3.77. The summed E-state index contributed by atoms with van der Waals surface area (Å²) in [5.41, 5.74) is 2.45. The zero-order chi connectivity index (χ0) is 8.97. The van der Waals surface area contributed by atoms with Crippen LogP contribution in [0, 0.1) is 18.4 Å². The van der Waals surface area contributed by atoms with Crippen molar-refractivity contribution in [3.8, 4) is 6.19 Å². The van der Waals surface area contributed by atoms with Crippen molar-refractivity contribution in [3.63, 3.8) is 0 Å². The molecular formula is C10H12N2. The highest BCUT2D eigenvalue weighted by atomic mass is 15.1. The lowest BCUT2D eigenvalue weighted by atomic mass is 10.1. The van der Waals surface area contributed by atoms with Gasteiger partial charge in [0.2, 0.25) is 0 Å². The molecule has 0 aliphatic carbocycles. The van der Waals surface area contributed by atoms with Crippen molar-refractivity contribution in [2.24, 2.45) is 0 Å². The molecule has 0 aliphatic heterocycles. The van der Waals surface area contributed by atoms with E-state index in [9.17, 15) is 0 Å². The third-order valence-corrected chi connectivity index (χ3v) is 1.84. The van der Waals surface area contributed by atoms with Crippen LogP contribution in [0.25, 0.3) is 0 Å². The molecule has 62 valence electrons. The quantitative estimate of drug-likeness (QED) is 0.488. The van der Waals surface area contributed by atoms with Crippen molar-refractivity contribution >= 4 is 0 Å². The van der Waals surface area contributed by atoms with Gasteiger partial charge in [-0.3, -0.25) is 0 Å². The van der Waals surface area contributed by atoms with Crippen molar-refractivity contribution in [3.05, 3.63) is 35.4 Å². The number of benzene rings is 1. The van der Waals surface area contributed by atoms with E-state index in [1.165, 1.54) is 11.1 Å². The minimum absolute atomic E-state index is 0.698. The largest absolute Gasteiger partial charge is 0.309 e. The van der Waals surface area contributed by atoms with Gasteiger partial charge < -0.3 is 4.90 Å². The molecule has 0 unspecified atom stereocenters. The maximum atomic E-state index is 8.56. The van der Waals surface area contributed by atoms with Crippen LogP contribution in [0.15, 0.2) is 24.3 Å². The summed E-state index contributed by atoms with van der Waals surface area (Å²) in [6, 6.07) is 8.10. The smallest absolute Gasteiger partial charge is 0.179 e. The highest BCUT2D eigenvalue weighted by Crippen LogP contribution is 2.08. The fourth-order valence-corrected chi connectivity index (χ4v) is 1.08. The molecule has 0 radical (unpaired) electrons. The lowest BCUT2D eigenvalue weighted by molar-refractivity contribution is 0.468. The van der Waals surface area contributed by atoms with Crippen molar-refractivity contribution in [1.29, 1.82) is 5.26 Å². The topological polar surface area (TPSA) is 27.0 Å². The predicted octanol–water partition coefficient (Wildman–Crippen LogP) is 1.91. The number of nitrogens with zero attached hydrogens (tertiary/aromatic N) is 2. The van der Waals surface area contributed by atoms with E-state index in [2.05, 4.69) is 19.2 Å². The van der Waals surface area contributed by atoms with Gasteiger partial charge in [0.1, 0.15) is 0 Å². The van der Waals surface area contributed by atoms with Gasteiger partial charge >= 0.3 is 0 Å². The maximum Gasteiger partial charge on any atom is 0.179 e. The third kappa shape index (κ3) is 2.00. The molecule has 0 saturated heterocycles. The lowest BCUT2D eigenvalue weighted by Gasteiger charge is -2.10. The van der Waals surface area contributed by atoms with Crippen molar-refractivity contribution in [2.45, 2.75) is 13.5 Å². The zero-order valence-electron chi connectivity index (χ0n) is 7.41. The number of aryl methyl sites for hydroxylation is 1. The van der Waals surface area contributed by atoms with Crippen LogP contribution in [-0.4, -0.2) is 11.9 Å². The summed E-state index contributed by atoms with van der Waals surface area (Å²) in [4.78, 5) is 1.61. The molecule has 0 heterocycles. The molecular weight excluding hydrogens is 148 g/mol. The lowest BCUT2D eigenvalue weighted by Crippen LogP contribution is -2.10. The molecule has 2 nitrogen and oxygen atoms in total. The first-order chi connectivity index (χ1) is 5.74. The van der Waals surface area contributed by atoms with Crippen LogP contribution in [0.2, 0.25) is 0 Å². The Hall–Kier alpha value is -1.49. The Morgan fingerprint density at radius 3 is 2.67 bits per heavy atom. The molecule has 0 aromatic heterocycles. The van der Waals surface area contributed by atoms with Crippen LogP contribution in [0.5, 0.6) is 0 Å². The van der Waals surface area contributed by atoms with Crippen molar-refractivity contribution in [1.82, 2.24) is 4.90 Å². The van der Waals surface area contributed by atoms with Gasteiger partial charge in [-0.1, -0.05) is 24.3 Å². The number of hydrogen-bond donors (Lipinski definition) is 0. The minimum atomic E-state index is 0.698. The summed E-state index contributed by atoms with van der Waals surface area (Å²) >= 11 is 0. The van der Waals surface area contributed by atoms with E-state index in [1.807, 2.05) is 18.2 Å². The van der Waals surface area contributed by atoms with E-state index < -0.39 is 0 Å². The van der Waals surface area contributed by atoms with Crippen LogP contribution in [-0.2, 0) is 6.54 Å². The molecule has 0 spiro atoms. The number of nitriles is 1. The highest BCUT2D eigenvalue weighted by molar-refractivity contribution is 5.25.